The van der Waals surface area contributed by atoms with Crippen molar-refractivity contribution in [1.29, 1.82) is 0 Å². The number of hydrogen-bond acceptors (Lipinski definition) is 4. The van der Waals surface area contributed by atoms with Crippen molar-refractivity contribution in [1.82, 2.24) is 25.2 Å². The molecule has 0 radical (unpaired) electrons. The van der Waals surface area contributed by atoms with E-state index in [0.717, 1.165) is 48.2 Å². The molecule has 1 saturated heterocycles. The lowest BCUT2D eigenvalue weighted by molar-refractivity contribution is -0.925. The molecule has 7 heteroatoms. The summed E-state index contributed by atoms with van der Waals surface area (Å²) in [4.78, 5) is 18.0. The van der Waals surface area contributed by atoms with E-state index in [4.69, 9.17) is 0 Å². The zero-order chi connectivity index (χ0) is 21.4. The minimum atomic E-state index is -0.136. The number of nitrogens with one attached hydrogen (secondary N) is 2. The predicted molar refractivity (Wildman–Crippen MR) is 120 cm³/mol. The van der Waals surface area contributed by atoms with E-state index in [-0.39, 0.29) is 11.6 Å². The first kappa shape index (κ1) is 20.4. The molecule has 3 heterocycles. The van der Waals surface area contributed by atoms with Crippen LogP contribution in [0.3, 0.4) is 0 Å². The Balaban J connectivity index is 1.66. The maximum Gasteiger partial charge on any atom is 0.258 e. The van der Waals surface area contributed by atoms with Crippen LogP contribution in [0.15, 0.2) is 23.0 Å². The van der Waals surface area contributed by atoms with Crippen LogP contribution in [0.5, 0.6) is 0 Å². The number of aromatic nitrogens is 5. The number of tetrazole rings is 1. The summed E-state index contributed by atoms with van der Waals surface area (Å²) in [5.74, 6) is 0.859. The van der Waals surface area contributed by atoms with Crippen LogP contribution in [0.25, 0.3) is 10.9 Å². The Labute approximate surface area is 182 Å². The van der Waals surface area contributed by atoms with E-state index < -0.39 is 0 Å². The van der Waals surface area contributed by atoms with Crippen molar-refractivity contribution in [2.75, 3.05) is 13.1 Å². The van der Waals surface area contributed by atoms with E-state index in [1.165, 1.54) is 54.6 Å². The van der Waals surface area contributed by atoms with Crippen LogP contribution in [0, 0.1) is 13.8 Å². The van der Waals surface area contributed by atoms with Gasteiger partial charge in [-0.1, -0.05) is 12.8 Å². The third-order valence-electron chi connectivity index (χ3n) is 7.40. The monoisotopic (exact) mass is 421 g/mol. The van der Waals surface area contributed by atoms with Gasteiger partial charge in [0.25, 0.3) is 5.56 Å². The van der Waals surface area contributed by atoms with Crippen LogP contribution >= 0.6 is 0 Å². The normalized spacial score (nSPS) is 19.7. The number of rotatable bonds is 4. The number of pyridine rings is 1. The molecular formula is C24H33N6O+. The molecule has 3 aromatic rings. The van der Waals surface area contributed by atoms with Crippen LogP contribution < -0.4 is 10.5 Å². The van der Waals surface area contributed by atoms with Gasteiger partial charge in [0.1, 0.15) is 0 Å². The molecule has 1 saturated carbocycles. The molecule has 0 amide bonds. The molecule has 2 aliphatic rings. The number of aryl methyl sites for hydroxylation is 2. The number of H-pyrrole nitrogens is 1. The number of aromatic amines is 1. The largest absolute Gasteiger partial charge is 0.322 e. The van der Waals surface area contributed by atoms with Crippen molar-refractivity contribution in [2.45, 2.75) is 77.3 Å². The van der Waals surface area contributed by atoms with Crippen LogP contribution in [0.4, 0.5) is 0 Å². The van der Waals surface area contributed by atoms with Crippen LogP contribution in [0.2, 0.25) is 0 Å². The van der Waals surface area contributed by atoms with Crippen LogP contribution in [0.1, 0.15) is 86.0 Å². The van der Waals surface area contributed by atoms with Gasteiger partial charge >= 0.3 is 0 Å². The smallest absolute Gasteiger partial charge is 0.258 e. The summed E-state index contributed by atoms with van der Waals surface area (Å²) in [7, 11) is 0. The molecule has 0 bridgehead atoms. The summed E-state index contributed by atoms with van der Waals surface area (Å²) in [5, 5.41) is 14.1. The summed E-state index contributed by atoms with van der Waals surface area (Å²) in [6.07, 6.45) is 9.56. The molecule has 1 aliphatic heterocycles. The first-order chi connectivity index (χ1) is 15.1. The van der Waals surface area contributed by atoms with Gasteiger partial charge in [-0.3, -0.25) is 4.79 Å². The van der Waals surface area contributed by atoms with Crippen molar-refractivity contribution in [3.63, 3.8) is 0 Å². The standard InChI is InChI=1S/C24H32N6O/c1-16-13-18-15-20(24(31)25-21(18)14-17(16)2)22(29-11-7-3-4-8-12-29)23-26-27-28-30(23)19-9-5-6-10-19/h13-15,19,22H,3-12H2,1-2H3,(H,25,31)/p+1/t22-/m0/s1. The number of likely N-dealkylation sites (tertiary alicyclic amines) is 1. The summed E-state index contributed by atoms with van der Waals surface area (Å²) in [6, 6.07) is 6.56. The highest BCUT2D eigenvalue weighted by Crippen LogP contribution is 2.31. The molecule has 164 valence electrons. The molecule has 5 rings (SSSR count). The lowest BCUT2D eigenvalue weighted by atomic mass is 10.0. The zero-order valence-corrected chi connectivity index (χ0v) is 18.7. The Morgan fingerprint density at radius 2 is 1.71 bits per heavy atom. The highest BCUT2D eigenvalue weighted by atomic mass is 16.1. The molecule has 2 fully saturated rings. The van der Waals surface area contributed by atoms with Gasteiger partial charge in [-0.25, -0.2) is 4.68 Å². The van der Waals surface area contributed by atoms with Gasteiger partial charge in [-0.15, -0.1) is 5.10 Å². The van der Waals surface area contributed by atoms with E-state index in [0.29, 0.717) is 6.04 Å². The Kier molecular flexibility index (Phi) is 5.61. The fourth-order valence-electron chi connectivity index (χ4n) is 5.52. The van der Waals surface area contributed by atoms with E-state index in [1.807, 2.05) is 4.68 Å². The maximum absolute atomic E-state index is 13.4. The van der Waals surface area contributed by atoms with Gasteiger partial charge in [0.05, 0.1) is 24.7 Å². The van der Waals surface area contributed by atoms with Gasteiger partial charge in [0.2, 0.25) is 5.82 Å². The third kappa shape index (κ3) is 3.91. The van der Waals surface area contributed by atoms with Gasteiger partial charge in [0, 0.05) is 5.52 Å². The Morgan fingerprint density at radius 1 is 1.00 bits per heavy atom. The SMILES string of the molecule is Cc1cc2cc([C@@H](c3nnnn3C3CCCC3)[NH+]3CCCCCC3)c(=O)[nH]c2cc1C. The van der Waals surface area contributed by atoms with Crippen molar-refractivity contribution < 1.29 is 4.90 Å². The second-order valence-electron chi connectivity index (χ2n) is 9.50. The number of nitrogens with zero attached hydrogens (tertiary/aromatic N) is 4. The zero-order valence-electron chi connectivity index (χ0n) is 18.7. The summed E-state index contributed by atoms with van der Waals surface area (Å²) < 4.78 is 2.04. The van der Waals surface area contributed by atoms with Crippen molar-refractivity contribution >= 4 is 10.9 Å². The summed E-state index contributed by atoms with van der Waals surface area (Å²) in [5.41, 5.74) is 4.10. The number of quaternary nitrogens is 1. The molecule has 1 aliphatic carbocycles. The van der Waals surface area contributed by atoms with Gasteiger partial charge < -0.3 is 9.88 Å². The summed E-state index contributed by atoms with van der Waals surface area (Å²) in [6.45, 7) is 6.30. The molecule has 7 nitrogen and oxygen atoms in total. The van der Waals surface area contributed by atoms with Gasteiger partial charge in [-0.05, 0) is 97.5 Å². The molecule has 2 aromatic heterocycles. The number of hydrogen-bond donors (Lipinski definition) is 2. The second kappa shape index (κ2) is 8.54. The minimum Gasteiger partial charge on any atom is -0.322 e. The molecule has 2 N–H and O–H groups in total. The van der Waals surface area contributed by atoms with Crippen LogP contribution in [-0.4, -0.2) is 38.3 Å². The van der Waals surface area contributed by atoms with E-state index in [9.17, 15) is 4.79 Å². The van der Waals surface area contributed by atoms with Crippen molar-refractivity contribution in [2.24, 2.45) is 0 Å². The highest BCUT2D eigenvalue weighted by molar-refractivity contribution is 5.80. The third-order valence-corrected chi connectivity index (χ3v) is 7.40. The van der Waals surface area contributed by atoms with Crippen LogP contribution in [-0.2, 0) is 0 Å². The minimum absolute atomic E-state index is 0.0153. The maximum atomic E-state index is 13.4. The number of benzene rings is 1. The van der Waals surface area contributed by atoms with Gasteiger partial charge in [-0.2, -0.15) is 0 Å². The fraction of sp³-hybridized carbons (Fsp3) is 0.583. The summed E-state index contributed by atoms with van der Waals surface area (Å²) >= 11 is 0. The lowest BCUT2D eigenvalue weighted by Crippen LogP contribution is -3.12. The van der Waals surface area contributed by atoms with Crippen molar-refractivity contribution in [3.8, 4) is 0 Å². The van der Waals surface area contributed by atoms with E-state index in [2.05, 4.69) is 52.6 Å². The van der Waals surface area contributed by atoms with Gasteiger partial charge in [0.15, 0.2) is 6.04 Å². The van der Waals surface area contributed by atoms with E-state index >= 15 is 0 Å². The molecule has 1 aromatic carbocycles. The quantitative estimate of drug-likeness (QED) is 0.679. The molecule has 0 unspecified atom stereocenters. The Morgan fingerprint density at radius 3 is 2.45 bits per heavy atom. The average Bonchev–Trinajstić information content (AvgIpc) is 3.37. The Hall–Kier alpha value is -2.54. The number of fused-ring (bicyclic) bond motifs is 1. The molecule has 31 heavy (non-hydrogen) atoms. The average molecular weight is 422 g/mol. The highest BCUT2D eigenvalue weighted by Gasteiger charge is 2.36. The molecular weight excluding hydrogens is 388 g/mol. The molecule has 0 spiro atoms. The van der Waals surface area contributed by atoms with Crippen molar-refractivity contribution in [3.05, 3.63) is 51.1 Å². The first-order valence-electron chi connectivity index (χ1n) is 11.9. The topological polar surface area (TPSA) is 80.9 Å². The van der Waals surface area contributed by atoms with E-state index in [1.54, 1.807) is 0 Å². The predicted octanol–water partition coefficient (Wildman–Crippen LogP) is 2.79. The lowest BCUT2D eigenvalue weighted by Gasteiger charge is -2.27. The Bertz CT molecular complexity index is 1120. The first-order valence-corrected chi connectivity index (χ1v) is 11.9. The molecule has 1 atom stereocenters. The fourth-order valence-corrected chi connectivity index (χ4v) is 5.52. The second-order valence-corrected chi connectivity index (χ2v) is 9.50.